The smallest absolute Gasteiger partial charge is 0.155 e. The molecular weight excluding hydrogens is 247 g/mol. The molecule has 0 radical (unpaired) electrons. The van der Waals surface area contributed by atoms with Crippen molar-refractivity contribution in [2.45, 2.75) is 17.8 Å². The van der Waals surface area contributed by atoms with Crippen LogP contribution in [0.5, 0.6) is 0 Å². The summed E-state index contributed by atoms with van der Waals surface area (Å²) in [5.74, 6) is 0.957. The summed E-state index contributed by atoms with van der Waals surface area (Å²) in [6.07, 6.45) is 0. The summed E-state index contributed by atoms with van der Waals surface area (Å²) >= 11 is 3.77. The van der Waals surface area contributed by atoms with Crippen molar-refractivity contribution in [3.05, 3.63) is 10.8 Å². The van der Waals surface area contributed by atoms with E-state index in [2.05, 4.69) is 38.9 Å². The highest BCUT2D eigenvalue weighted by Crippen LogP contribution is 2.19. The van der Waals surface area contributed by atoms with E-state index < -0.39 is 0 Å². The van der Waals surface area contributed by atoms with Gasteiger partial charge in [-0.1, -0.05) is 22.6 Å². The van der Waals surface area contributed by atoms with Crippen LogP contribution in [0.4, 0.5) is 0 Å². The van der Waals surface area contributed by atoms with E-state index in [0.29, 0.717) is 3.92 Å². The molecule has 0 bridgehead atoms. The van der Waals surface area contributed by atoms with Crippen molar-refractivity contribution in [1.82, 2.24) is 9.36 Å². The second kappa shape index (κ2) is 2.92. The molecule has 0 aliphatic rings. The molecule has 0 aliphatic heterocycles. The minimum absolute atomic E-state index is 0.438. The molecule has 2 nitrogen and oxygen atoms in total. The van der Waals surface area contributed by atoms with Crippen LogP contribution >= 0.6 is 34.1 Å². The maximum atomic E-state index is 4.21. The fourth-order valence-electron chi connectivity index (χ4n) is 0.477. The molecule has 0 saturated carbocycles. The first-order valence-electron chi connectivity index (χ1n) is 2.64. The topological polar surface area (TPSA) is 25.8 Å². The second-order valence-electron chi connectivity index (χ2n) is 1.79. The number of rotatable bonds is 1. The molecule has 4 heteroatoms. The van der Waals surface area contributed by atoms with E-state index >= 15 is 0 Å². The monoisotopic (exact) mass is 254 g/mol. The molecule has 0 spiro atoms. The molecule has 1 rings (SSSR count). The van der Waals surface area contributed by atoms with Crippen LogP contribution in [-0.4, -0.2) is 9.36 Å². The van der Waals surface area contributed by atoms with Gasteiger partial charge in [0.15, 0.2) is 5.82 Å². The van der Waals surface area contributed by atoms with Crippen molar-refractivity contribution in [2.75, 3.05) is 0 Å². The Kier molecular flexibility index (Phi) is 2.40. The van der Waals surface area contributed by atoms with Gasteiger partial charge in [-0.25, -0.2) is 4.98 Å². The number of nitrogens with zero attached hydrogens (tertiary/aromatic N) is 2. The van der Waals surface area contributed by atoms with Crippen molar-refractivity contribution in [3.63, 3.8) is 0 Å². The van der Waals surface area contributed by atoms with Gasteiger partial charge in [0.05, 0.1) is 3.92 Å². The zero-order valence-electron chi connectivity index (χ0n) is 5.26. The predicted molar refractivity (Wildman–Crippen MR) is 47.1 cm³/mol. The van der Waals surface area contributed by atoms with Crippen LogP contribution in [0.15, 0.2) is 0 Å². The van der Waals surface area contributed by atoms with Gasteiger partial charge in [0.1, 0.15) is 5.01 Å². The van der Waals surface area contributed by atoms with Gasteiger partial charge in [-0.3, -0.25) is 0 Å². The zero-order chi connectivity index (χ0) is 6.85. The molecule has 1 heterocycles. The lowest BCUT2D eigenvalue weighted by atomic mass is 10.5. The summed E-state index contributed by atoms with van der Waals surface area (Å²) in [5, 5.41) is 1.05. The highest BCUT2D eigenvalue weighted by molar-refractivity contribution is 14.1. The average Bonchev–Trinajstić information content (AvgIpc) is 2.14. The first-order valence-corrected chi connectivity index (χ1v) is 4.66. The van der Waals surface area contributed by atoms with Gasteiger partial charge in [0.25, 0.3) is 0 Å². The second-order valence-corrected chi connectivity index (χ2v) is 4.61. The van der Waals surface area contributed by atoms with E-state index in [0.717, 1.165) is 10.8 Å². The van der Waals surface area contributed by atoms with Crippen molar-refractivity contribution < 1.29 is 0 Å². The first kappa shape index (κ1) is 7.40. The molecule has 1 aromatic heterocycles. The number of aromatic nitrogens is 2. The van der Waals surface area contributed by atoms with Gasteiger partial charge in [0.2, 0.25) is 0 Å². The van der Waals surface area contributed by atoms with E-state index in [1.165, 1.54) is 11.5 Å². The van der Waals surface area contributed by atoms with Gasteiger partial charge >= 0.3 is 0 Å². The number of aryl methyl sites for hydroxylation is 1. The third-order valence-corrected chi connectivity index (χ3v) is 2.09. The molecule has 1 unspecified atom stereocenters. The maximum absolute atomic E-state index is 4.21. The number of halogens is 1. The van der Waals surface area contributed by atoms with Crippen molar-refractivity contribution in [1.29, 1.82) is 0 Å². The molecule has 50 valence electrons. The lowest BCUT2D eigenvalue weighted by Crippen LogP contribution is -1.84. The molecule has 0 N–H and O–H groups in total. The third-order valence-electron chi connectivity index (χ3n) is 0.899. The highest BCUT2D eigenvalue weighted by atomic mass is 127. The summed E-state index contributed by atoms with van der Waals surface area (Å²) < 4.78 is 4.58. The number of alkyl halides is 1. The predicted octanol–water partition coefficient (Wildman–Crippen LogP) is 2.34. The maximum Gasteiger partial charge on any atom is 0.155 e. The molecule has 1 aromatic rings. The van der Waals surface area contributed by atoms with Gasteiger partial charge in [-0.05, 0) is 25.4 Å². The molecule has 0 amide bonds. The van der Waals surface area contributed by atoms with Gasteiger partial charge in [-0.2, -0.15) is 4.37 Å². The van der Waals surface area contributed by atoms with Crippen LogP contribution in [0.25, 0.3) is 0 Å². The fourth-order valence-corrected chi connectivity index (χ4v) is 1.50. The Balaban J connectivity index is 2.85. The Morgan fingerprint density at radius 2 is 2.33 bits per heavy atom. The van der Waals surface area contributed by atoms with Gasteiger partial charge < -0.3 is 0 Å². The fraction of sp³-hybridized carbons (Fsp3) is 0.600. The van der Waals surface area contributed by atoms with E-state index in [1.807, 2.05) is 6.92 Å². The van der Waals surface area contributed by atoms with E-state index in [4.69, 9.17) is 0 Å². The Morgan fingerprint density at radius 3 is 2.56 bits per heavy atom. The molecule has 0 aliphatic carbocycles. The quantitative estimate of drug-likeness (QED) is 0.567. The molecule has 0 saturated heterocycles. The minimum atomic E-state index is 0.438. The van der Waals surface area contributed by atoms with E-state index in [9.17, 15) is 0 Å². The van der Waals surface area contributed by atoms with Crippen molar-refractivity contribution >= 4 is 34.1 Å². The summed E-state index contributed by atoms with van der Waals surface area (Å²) in [5.41, 5.74) is 0. The van der Waals surface area contributed by atoms with E-state index in [-0.39, 0.29) is 0 Å². The van der Waals surface area contributed by atoms with Crippen LogP contribution in [0.3, 0.4) is 0 Å². The van der Waals surface area contributed by atoms with Crippen LogP contribution < -0.4 is 0 Å². The Labute approximate surface area is 72.0 Å². The lowest BCUT2D eigenvalue weighted by Gasteiger charge is -1.90. The van der Waals surface area contributed by atoms with Crippen LogP contribution in [0.2, 0.25) is 0 Å². The minimum Gasteiger partial charge on any atom is -0.224 e. The van der Waals surface area contributed by atoms with Crippen LogP contribution in [-0.2, 0) is 0 Å². The molecule has 1 atom stereocenters. The summed E-state index contributed by atoms with van der Waals surface area (Å²) in [6.45, 7) is 4.06. The number of hydrogen-bond donors (Lipinski definition) is 0. The summed E-state index contributed by atoms with van der Waals surface area (Å²) in [4.78, 5) is 4.21. The van der Waals surface area contributed by atoms with Gasteiger partial charge in [-0.15, -0.1) is 0 Å². The zero-order valence-corrected chi connectivity index (χ0v) is 8.23. The first-order chi connectivity index (χ1) is 4.20. The highest BCUT2D eigenvalue weighted by Gasteiger charge is 2.04. The Hall–Kier alpha value is 0.290. The molecule has 0 fully saturated rings. The molecule has 9 heavy (non-hydrogen) atoms. The average molecular weight is 254 g/mol. The van der Waals surface area contributed by atoms with Crippen LogP contribution in [0.1, 0.15) is 21.7 Å². The van der Waals surface area contributed by atoms with Crippen molar-refractivity contribution in [3.8, 4) is 0 Å². The number of hydrogen-bond acceptors (Lipinski definition) is 3. The Bertz CT molecular complexity index is 197. The van der Waals surface area contributed by atoms with E-state index in [1.54, 1.807) is 0 Å². The van der Waals surface area contributed by atoms with Gasteiger partial charge in [0, 0.05) is 0 Å². The normalized spacial score (nSPS) is 13.7. The molecule has 0 aromatic carbocycles. The van der Waals surface area contributed by atoms with Crippen LogP contribution in [0, 0.1) is 6.92 Å². The largest absolute Gasteiger partial charge is 0.224 e. The van der Waals surface area contributed by atoms with Crippen molar-refractivity contribution in [2.24, 2.45) is 0 Å². The SMILES string of the molecule is Cc1nc(C(C)I)ns1. The summed E-state index contributed by atoms with van der Waals surface area (Å²) in [6, 6.07) is 0. The summed E-state index contributed by atoms with van der Waals surface area (Å²) in [7, 11) is 0. The third kappa shape index (κ3) is 1.86. The Morgan fingerprint density at radius 1 is 1.67 bits per heavy atom. The molecular formula is C5H7IN2S. The lowest BCUT2D eigenvalue weighted by molar-refractivity contribution is 0.992. The standard InChI is InChI=1S/C5H7IN2S/c1-3(6)5-7-4(2)9-8-5/h3H,1-2H3.